The lowest BCUT2D eigenvalue weighted by atomic mass is 9.98. The fraction of sp³-hybridized carbons (Fsp3) is 0.400. The zero-order valence-electron chi connectivity index (χ0n) is 10.6. The van der Waals surface area contributed by atoms with Gasteiger partial charge in [-0.25, -0.2) is 0 Å². The quantitative estimate of drug-likeness (QED) is 0.759. The summed E-state index contributed by atoms with van der Waals surface area (Å²) in [6.07, 6.45) is 2.38. The largest absolute Gasteiger partial charge is 0.497 e. The Labute approximate surface area is 103 Å². The lowest BCUT2D eigenvalue weighted by Gasteiger charge is -2.13. The van der Waals surface area contributed by atoms with Gasteiger partial charge in [0.1, 0.15) is 11.9 Å². The molecule has 2 heteroatoms. The molecule has 92 valence electrons. The summed E-state index contributed by atoms with van der Waals surface area (Å²) in [5.41, 5.74) is 4.56. The van der Waals surface area contributed by atoms with Crippen LogP contribution in [0, 0.1) is 0 Å². The summed E-state index contributed by atoms with van der Waals surface area (Å²) in [6, 6.07) is 7.43. The Balaban J connectivity index is 2.79. The van der Waals surface area contributed by atoms with Crippen LogP contribution in [0.1, 0.15) is 37.9 Å². The van der Waals surface area contributed by atoms with Crippen LogP contribution < -0.4 is 4.74 Å². The molecule has 1 N–H and O–H groups in total. The molecule has 1 atom stereocenters. The molecule has 0 saturated carbocycles. The zero-order valence-corrected chi connectivity index (χ0v) is 10.6. The third-order valence-electron chi connectivity index (χ3n) is 2.79. The molecule has 0 amide bonds. The smallest absolute Gasteiger partial charge is 0.118 e. The summed E-state index contributed by atoms with van der Waals surface area (Å²) in [4.78, 5) is 0. The molecule has 1 unspecified atom stereocenters. The third kappa shape index (κ3) is 3.77. The first kappa shape index (κ1) is 13.6. The SMILES string of the molecule is C=C=C(CCCC)C(O)c1ccc(OC)cc1. The van der Waals surface area contributed by atoms with E-state index >= 15 is 0 Å². The van der Waals surface area contributed by atoms with Crippen molar-refractivity contribution in [3.8, 4) is 5.75 Å². The zero-order chi connectivity index (χ0) is 12.7. The molecule has 1 rings (SSSR count). The molecular weight excluding hydrogens is 212 g/mol. The number of hydrogen-bond acceptors (Lipinski definition) is 2. The van der Waals surface area contributed by atoms with Gasteiger partial charge in [0.15, 0.2) is 0 Å². The summed E-state index contributed by atoms with van der Waals surface area (Å²) in [5, 5.41) is 10.2. The lowest BCUT2D eigenvalue weighted by molar-refractivity contribution is 0.211. The summed E-state index contributed by atoms with van der Waals surface area (Å²) in [6.45, 7) is 5.77. The van der Waals surface area contributed by atoms with Crippen molar-refractivity contribution in [1.82, 2.24) is 0 Å². The Morgan fingerprint density at radius 2 is 2.06 bits per heavy atom. The minimum Gasteiger partial charge on any atom is -0.497 e. The predicted molar refractivity (Wildman–Crippen MR) is 70.1 cm³/mol. The molecule has 1 aromatic rings. The van der Waals surface area contributed by atoms with Crippen LogP contribution in [0.25, 0.3) is 0 Å². The van der Waals surface area contributed by atoms with Crippen LogP contribution in [0.2, 0.25) is 0 Å². The van der Waals surface area contributed by atoms with E-state index in [2.05, 4.69) is 19.2 Å². The van der Waals surface area contributed by atoms with Gasteiger partial charge >= 0.3 is 0 Å². The van der Waals surface area contributed by atoms with Gasteiger partial charge in [0.25, 0.3) is 0 Å². The van der Waals surface area contributed by atoms with Crippen molar-refractivity contribution in [3.05, 3.63) is 47.7 Å². The van der Waals surface area contributed by atoms with Crippen molar-refractivity contribution in [3.63, 3.8) is 0 Å². The maximum atomic E-state index is 10.2. The molecule has 0 aromatic heterocycles. The Hall–Kier alpha value is -1.50. The van der Waals surface area contributed by atoms with Crippen molar-refractivity contribution < 1.29 is 9.84 Å². The first-order valence-corrected chi connectivity index (χ1v) is 5.93. The number of hydrogen-bond donors (Lipinski definition) is 1. The van der Waals surface area contributed by atoms with Crippen LogP contribution in [-0.2, 0) is 0 Å². The first-order chi connectivity index (χ1) is 8.22. The van der Waals surface area contributed by atoms with Gasteiger partial charge in [0.2, 0.25) is 0 Å². The Morgan fingerprint density at radius 3 is 2.53 bits per heavy atom. The van der Waals surface area contributed by atoms with E-state index in [-0.39, 0.29) is 0 Å². The van der Waals surface area contributed by atoms with Gasteiger partial charge < -0.3 is 9.84 Å². The fourth-order valence-corrected chi connectivity index (χ4v) is 1.68. The second-order valence-corrected chi connectivity index (χ2v) is 3.98. The predicted octanol–water partition coefficient (Wildman–Crippen LogP) is 3.63. The number of aliphatic hydroxyl groups excluding tert-OH is 1. The number of rotatable bonds is 6. The number of aliphatic hydroxyl groups is 1. The second kappa shape index (κ2) is 6.95. The molecular formula is C15H20O2. The summed E-state index contributed by atoms with van der Waals surface area (Å²) in [7, 11) is 1.63. The molecule has 0 heterocycles. The van der Waals surface area contributed by atoms with Crippen LogP contribution in [0.4, 0.5) is 0 Å². The summed E-state index contributed by atoms with van der Waals surface area (Å²) in [5.74, 6) is 0.790. The van der Waals surface area contributed by atoms with Crippen LogP contribution in [0.5, 0.6) is 5.75 Å². The Kier molecular flexibility index (Phi) is 5.55. The van der Waals surface area contributed by atoms with Crippen molar-refractivity contribution in [2.45, 2.75) is 32.3 Å². The second-order valence-electron chi connectivity index (χ2n) is 3.98. The molecule has 17 heavy (non-hydrogen) atoms. The molecule has 0 aliphatic rings. The van der Waals surface area contributed by atoms with Crippen LogP contribution in [0.15, 0.2) is 42.1 Å². The monoisotopic (exact) mass is 232 g/mol. The average molecular weight is 232 g/mol. The minimum atomic E-state index is -0.607. The number of benzene rings is 1. The molecule has 0 radical (unpaired) electrons. The Morgan fingerprint density at radius 1 is 1.41 bits per heavy atom. The molecule has 0 spiro atoms. The lowest BCUT2D eigenvalue weighted by Crippen LogP contribution is -2.01. The van der Waals surface area contributed by atoms with E-state index in [1.54, 1.807) is 7.11 Å². The van der Waals surface area contributed by atoms with E-state index in [0.29, 0.717) is 0 Å². The molecule has 0 saturated heterocycles. The van der Waals surface area contributed by atoms with Crippen LogP contribution in [0.3, 0.4) is 0 Å². The maximum absolute atomic E-state index is 10.2. The maximum Gasteiger partial charge on any atom is 0.118 e. The fourth-order valence-electron chi connectivity index (χ4n) is 1.68. The van der Waals surface area contributed by atoms with Gasteiger partial charge in [0, 0.05) is 5.57 Å². The number of unbranched alkanes of at least 4 members (excludes halogenated alkanes) is 1. The highest BCUT2D eigenvalue weighted by atomic mass is 16.5. The van der Waals surface area contributed by atoms with Crippen molar-refractivity contribution in [2.75, 3.05) is 7.11 Å². The standard InChI is InChI=1S/C15H20O2/c1-4-6-7-12(5-2)15(16)13-8-10-14(17-3)11-9-13/h8-11,15-16H,2,4,6-7H2,1,3H3. The molecule has 0 aliphatic heterocycles. The summed E-state index contributed by atoms with van der Waals surface area (Å²) >= 11 is 0. The molecule has 0 aliphatic carbocycles. The van der Waals surface area contributed by atoms with Crippen LogP contribution in [-0.4, -0.2) is 12.2 Å². The first-order valence-electron chi connectivity index (χ1n) is 5.93. The van der Waals surface area contributed by atoms with Gasteiger partial charge in [-0.05, 0) is 30.5 Å². The van der Waals surface area contributed by atoms with Crippen molar-refractivity contribution in [2.24, 2.45) is 0 Å². The molecule has 0 bridgehead atoms. The molecule has 2 nitrogen and oxygen atoms in total. The number of ether oxygens (including phenoxy) is 1. The molecule has 1 aromatic carbocycles. The Bertz CT molecular complexity index is 386. The van der Waals surface area contributed by atoms with E-state index in [4.69, 9.17) is 4.74 Å². The van der Waals surface area contributed by atoms with Crippen molar-refractivity contribution >= 4 is 0 Å². The van der Waals surface area contributed by atoms with Gasteiger partial charge in [0.05, 0.1) is 7.11 Å². The third-order valence-corrected chi connectivity index (χ3v) is 2.79. The average Bonchev–Trinajstić information content (AvgIpc) is 2.39. The van der Waals surface area contributed by atoms with Gasteiger partial charge in [-0.1, -0.05) is 32.1 Å². The van der Waals surface area contributed by atoms with E-state index < -0.39 is 6.10 Å². The highest BCUT2D eigenvalue weighted by Crippen LogP contribution is 2.26. The van der Waals surface area contributed by atoms with Gasteiger partial charge in [-0.15, -0.1) is 5.73 Å². The van der Waals surface area contributed by atoms with Gasteiger partial charge in [-0.2, -0.15) is 0 Å². The normalized spacial score (nSPS) is 11.7. The van der Waals surface area contributed by atoms with Crippen molar-refractivity contribution in [1.29, 1.82) is 0 Å². The van der Waals surface area contributed by atoms with E-state index in [0.717, 1.165) is 36.1 Å². The van der Waals surface area contributed by atoms with Crippen LogP contribution >= 0.6 is 0 Å². The summed E-state index contributed by atoms with van der Waals surface area (Å²) < 4.78 is 5.08. The topological polar surface area (TPSA) is 29.5 Å². The number of methoxy groups -OCH3 is 1. The van der Waals surface area contributed by atoms with E-state index in [1.165, 1.54) is 0 Å². The van der Waals surface area contributed by atoms with Gasteiger partial charge in [-0.3, -0.25) is 0 Å². The minimum absolute atomic E-state index is 0.607. The highest BCUT2D eigenvalue weighted by molar-refractivity contribution is 5.32. The van der Waals surface area contributed by atoms with E-state index in [9.17, 15) is 5.11 Å². The highest BCUT2D eigenvalue weighted by Gasteiger charge is 2.12. The van der Waals surface area contributed by atoms with E-state index in [1.807, 2.05) is 24.3 Å². The molecule has 0 fully saturated rings.